The van der Waals surface area contributed by atoms with Crippen molar-refractivity contribution in [3.63, 3.8) is 0 Å². The zero-order valence-electron chi connectivity index (χ0n) is 11.2. The second-order valence-electron chi connectivity index (χ2n) is 4.94. The van der Waals surface area contributed by atoms with Gasteiger partial charge in [-0.15, -0.1) is 0 Å². The molecular formula is C14H23ClN2. The van der Waals surface area contributed by atoms with Crippen LogP contribution in [-0.4, -0.2) is 24.5 Å². The van der Waals surface area contributed by atoms with Crippen molar-refractivity contribution in [3.8, 4) is 0 Å². The molecule has 2 unspecified atom stereocenters. The van der Waals surface area contributed by atoms with Crippen LogP contribution in [0.25, 0.3) is 0 Å². The Morgan fingerprint density at radius 1 is 1.18 bits per heavy atom. The second-order valence-corrected chi connectivity index (χ2v) is 5.38. The fourth-order valence-electron chi connectivity index (χ4n) is 2.17. The van der Waals surface area contributed by atoms with Gasteiger partial charge in [-0.2, -0.15) is 0 Å². The Labute approximate surface area is 110 Å². The van der Waals surface area contributed by atoms with Crippen molar-refractivity contribution >= 4 is 11.6 Å². The van der Waals surface area contributed by atoms with Gasteiger partial charge in [-0.05, 0) is 37.6 Å². The minimum absolute atomic E-state index is 0.350. The first kappa shape index (κ1) is 14.5. The highest BCUT2D eigenvalue weighted by atomic mass is 35.5. The molecule has 0 amide bonds. The molecule has 0 aromatic heterocycles. The van der Waals surface area contributed by atoms with E-state index in [1.165, 1.54) is 5.56 Å². The van der Waals surface area contributed by atoms with Crippen molar-refractivity contribution in [2.24, 2.45) is 11.7 Å². The molecular weight excluding hydrogens is 232 g/mol. The quantitative estimate of drug-likeness (QED) is 0.874. The van der Waals surface area contributed by atoms with Crippen molar-refractivity contribution in [1.82, 2.24) is 4.90 Å². The van der Waals surface area contributed by atoms with Crippen LogP contribution in [0.5, 0.6) is 0 Å². The molecule has 0 aliphatic carbocycles. The third-order valence-corrected chi connectivity index (χ3v) is 3.75. The molecule has 0 fully saturated rings. The summed E-state index contributed by atoms with van der Waals surface area (Å²) in [5.74, 6) is 0.555. The van der Waals surface area contributed by atoms with Gasteiger partial charge in [-0.1, -0.05) is 37.6 Å². The maximum atomic E-state index is 5.90. The van der Waals surface area contributed by atoms with Crippen molar-refractivity contribution in [1.29, 1.82) is 0 Å². The van der Waals surface area contributed by atoms with E-state index in [9.17, 15) is 0 Å². The summed E-state index contributed by atoms with van der Waals surface area (Å²) in [6.07, 6.45) is 0. The molecule has 2 nitrogen and oxygen atoms in total. The predicted octanol–water partition coefficient (Wildman–Crippen LogP) is 3.32. The van der Waals surface area contributed by atoms with Crippen LogP contribution >= 0.6 is 11.6 Å². The molecule has 2 atom stereocenters. The standard InChI is InChI=1S/C14H23ClN2/c1-10(2)14(9-16)17(4)11(3)12-5-7-13(15)8-6-12/h5-8,10-11,14H,9,16H2,1-4H3. The minimum atomic E-state index is 0.350. The molecule has 1 aromatic carbocycles. The Hall–Kier alpha value is -0.570. The first-order chi connectivity index (χ1) is 7.97. The lowest BCUT2D eigenvalue weighted by Gasteiger charge is -2.35. The van der Waals surface area contributed by atoms with Gasteiger partial charge in [0.25, 0.3) is 0 Å². The van der Waals surface area contributed by atoms with Crippen molar-refractivity contribution in [3.05, 3.63) is 34.9 Å². The van der Waals surface area contributed by atoms with Crippen molar-refractivity contribution in [2.75, 3.05) is 13.6 Å². The van der Waals surface area contributed by atoms with Crippen molar-refractivity contribution in [2.45, 2.75) is 32.9 Å². The van der Waals surface area contributed by atoms with Gasteiger partial charge in [-0.3, -0.25) is 4.90 Å². The van der Waals surface area contributed by atoms with Crippen LogP contribution in [-0.2, 0) is 0 Å². The summed E-state index contributed by atoms with van der Waals surface area (Å²) in [6, 6.07) is 8.79. The van der Waals surface area contributed by atoms with Crippen molar-refractivity contribution < 1.29 is 0 Å². The molecule has 17 heavy (non-hydrogen) atoms. The number of halogens is 1. The van der Waals surface area contributed by atoms with E-state index in [-0.39, 0.29) is 0 Å². The molecule has 0 radical (unpaired) electrons. The van der Waals surface area contributed by atoms with Gasteiger partial charge in [0, 0.05) is 23.7 Å². The van der Waals surface area contributed by atoms with Gasteiger partial charge in [0.05, 0.1) is 0 Å². The van der Waals surface area contributed by atoms with Crippen LogP contribution < -0.4 is 5.73 Å². The lowest BCUT2D eigenvalue weighted by atomic mass is 9.99. The lowest BCUT2D eigenvalue weighted by Crippen LogP contribution is -2.42. The molecule has 2 N–H and O–H groups in total. The average molecular weight is 255 g/mol. The monoisotopic (exact) mass is 254 g/mol. The first-order valence-electron chi connectivity index (χ1n) is 6.14. The van der Waals surface area contributed by atoms with E-state index in [4.69, 9.17) is 17.3 Å². The molecule has 1 rings (SSSR count). The summed E-state index contributed by atoms with van der Waals surface area (Å²) in [7, 11) is 2.14. The number of hydrogen-bond acceptors (Lipinski definition) is 2. The Kier molecular flexibility index (Phi) is 5.44. The first-order valence-corrected chi connectivity index (χ1v) is 6.52. The van der Waals surface area contributed by atoms with E-state index >= 15 is 0 Å². The Morgan fingerprint density at radius 3 is 2.12 bits per heavy atom. The maximum Gasteiger partial charge on any atom is 0.0406 e. The highest BCUT2D eigenvalue weighted by Crippen LogP contribution is 2.24. The normalized spacial score (nSPS) is 15.3. The number of rotatable bonds is 5. The predicted molar refractivity (Wildman–Crippen MR) is 75.3 cm³/mol. The van der Waals surface area contributed by atoms with E-state index in [2.05, 4.69) is 44.9 Å². The van der Waals surface area contributed by atoms with Gasteiger partial charge >= 0.3 is 0 Å². The van der Waals surface area contributed by atoms with Crippen LogP contribution in [0, 0.1) is 5.92 Å². The van der Waals surface area contributed by atoms with Gasteiger partial charge in [0.2, 0.25) is 0 Å². The van der Waals surface area contributed by atoms with E-state index in [0.29, 0.717) is 24.5 Å². The third-order valence-electron chi connectivity index (χ3n) is 3.50. The van der Waals surface area contributed by atoms with Gasteiger partial charge in [0.1, 0.15) is 0 Å². The summed E-state index contributed by atoms with van der Waals surface area (Å²) in [6.45, 7) is 7.31. The van der Waals surface area contributed by atoms with Crippen LogP contribution in [0.3, 0.4) is 0 Å². The molecule has 3 heteroatoms. The molecule has 0 aliphatic rings. The summed E-state index contributed by atoms with van der Waals surface area (Å²) >= 11 is 5.90. The largest absolute Gasteiger partial charge is 0.329 e. The fourth-order valence-corrected chi connectivity index (χ4v) is 2.30. The highest BCUT2D eigenvalue weighted by molar-refractivity contribution is 6.30. The lowest BCUT2D eigenvalue weighted by molar-refractivity contribution is 0.150. The van der Waals surface area contributed by atoms with Gasteiger partial charge in [0.15, 0.2) is 0 Å². The SMILES string of the molecule is CC(C)C(CN)N(C)C(C)c1ccc(Cl)cc1. The average Bonchev–Trinajstić information content (AvgIpc) is 2.29. The van der Waals surface area contributed by atoms with E-state index in [1.807, 2.05) is 12.1 Å². The Balaban J connectivity index is 2.81. The molecule has 0 heterocycles. The zero-order chi connectivity index (χ0) is 13.0. The number of likely N-dealkylation sites (N-methyl/N-ethyl adjacent to an activating group) is 1. The molecule has 0 spiro atoms. The third kappa shape index (κ3) is 3.70. The number of benzene rings is 1. The molecule has 0 bridgehead atoms. The number of nitrogens with two attached hydrogens (primary N) is 1. The van der Waals surface area contributed by atoms with Crippen LogP contribution in [0.1, 0.15) is 32.4 Å². The number of nitrogens with zero attached hydrogens (tertiary/aromatic N) is 1. The molecule has 0 saturated carbocycles. The summed E-state index contributed by atoms with van der Waals surface area (Å²) in [5.41, 5.74) is 7.13. The van der Waals surface area contributed by atoms with E-state index in [1.54, 1.807) is 0 Å². The minimum Gasteiger partial charge on any atom is -0.329 e. The summed E-state index contributed by atoms with van der Waals surface area (Å²) in [5, 5.41) is 0.780. The number of hydrogen-bond donors (Lipinski definition) is 1. The zero-order valence-corrected chi connectivity index (χ0v) is 11.9. The van der Waals surface area contributed by atoms with Crippen LogP contribution in [0.4, 0.5) is 0 Å². The Morgan fingerprint density at radius 2 is 1.71 bits per heavy atom. The molecule has 1 aromatic rings. The summed E-state index contributed by atoms with van der Waals surface area (Å²) in [4.78, 5) is 2.34. The second kappa shape index (κ2) is 6.39. The molecule has 0 saturated heterocycles. The van der Waals surface area contributed by atoms with E-state index < -0.39 is 0 Å². The van der Waals surface area contributed by atoms with Gasteiger partial charge < -0.3 is 5.73 Å². The maximum absolute atomic E-state index is 5.90. The summed E-state index contributed by atoms with van der Waals surface area (Å²) < 4.78 is 0. The Bertz CT molecular complexity index is 335. The van der Waals surface area contributed by atoms with Gasteiger partial charge in [-0.25, -0.2) is 0 Å². The van der Waals surface area contributed by atoms with E-state index in [0.717, 1.165) is 5.02 Å². The fraction of sp³-hybridized carbons (Fsp3) is 0.571. The topological polar surface area (TPSA) is 29.3 Å². The highest BCUT2D eigenvalue weighted by Gasteiger charge is 2.22. The smallest absolute Gasteiger partial charge is 0.0406 e. The molecule has 96 valence electrons. The van der Waals surface area contributed by atoms with Crippen LogP contribution in [0.15, 0.2) is 24.3 Å². The molecule has 0 aliphatic heterocycles. The van der Waals surface area contributed by atoms with Crippen LogP contribution in [0.2, 0.25) is 5.02 Å².